The predicted octanol–water partition coefficient (Wildman–Crippen LogP) is 1.47. The number of Topliss-reactive ketones (excluding diaryl/α,β-unsaturated/α-hetero) is 1. The maximum absolute atomic E-state index is 11.2. The third kappa shape index (κ3) is 7.04. The van der Waals surface area contributed by atoms with E-state index < -0.39 is 0 Å². The van der Waals surface area contributed by atoms with Crippen LogP contribution in [0.15, 0.2) is 0 Å². The Morgan fingerprint density at radius 2 is 2.00 bits per heavy atom. The van der Waals surface area contributed by atoms with Gasteiger partial charge in [0.25, 0.3) is 0 Å². The molecular formula is C11H23NO2. The SMILES string of the molecule is CNCC(C)COCCC(=O)C(C)C. The van der Waals surface area contributed by atoms with E-state index in [4.69, 9.17) is 4.74 Å². The van der Waals surface area contributed by atoms with E-state index in [1.165, 1.54) is 0 Å². The number of ketones is 1. The molecule has 3 heteroatoms. The smallest absolute Gasteiger partial charge is 0.137 e. The van der Waals surface area contributed by atoms with Crippen molar-refractivity contribution in [2.24, 2.45) is 11.8 Å². The van der Waals surface area contributed by atoms with Crippen LogP contribution in [0.25, 0.3) is 0 Å². The predicted molar refractivity (Wildman–Crippen MR) is 58.4 cm³/mol. The molecule has 0 bridgehead atoms. The number of hydrogen-bond donors (Lipinski definition) is 1. The number of rotatable bonds is 8. The lowest BCUT2D eigenvalue weighted by atomic mass is 10.1. The summed E-state index contributed by atoms with van der Waals surface area (Å²) in [4.78, 5) is 11.2. The summed E-state index contributed by atoms with van der Waals surface area (Å²) in [6.45, 7) is 8.22. The maximum atomic E-state index is 11.2. The fraction of sp³-hybridized carbons (Fsp3) is 0.909. The van der Waals surface area contributed by atoms with Gasteiger partial charge in [-0.3, -0.25) is 4.79 Å². The first kappa shape index (κ1) is 13.6. The summed E-state index contributed by atoms with van der Waals surface area (Å²) in [6.07, 6.45) is 0.546. The van der Waals surface area contributed by atoms with Gasteiger partial charge in [0.15, 0.2) is 0 Å². The van der Waals surface area contributed by atoms with Crippen molar-refractivity contribution in [1.29, 1.82) is 0 Å². The van der Waals surface area contributed by atoms with Crippen molar-refractivity contribution in [2.75, 3.05) is 26.8 Å². The van der Waals surface area contributed by atoms with E-state index in [1.54, 1.807) is 0 Å². The molecule has 0 spiro atoms. The van der Waals surface area contributed by atoms with Crippen molar-refractivity contribution in [3.63, 3.8) is 0 Å². The molecule has 1 N–H and O–H groups in total. The molecule has 0 heterocycles. The van der Waals surface area contributed by atoms with Crippen LogP contribution in [-0.2, 0) is 9.53 Å². The van der Waals surface area contributed by atoms with Gasteiger partial charge in [-0.1, -0.05) is 20.8 Å². The van der Waals surface area contributed by atoms with Gasteiger partial charge in [-0.05, 0) is 19.5 Å². The van der Waals surface area contributed by atoms with Crippen LogP contribution in [0.5, 0.6) is 0 Å². The maximum Gasteiger partial charge on any atom is 0.137 e. The summed E-state index contributed by atoms with van der Waals surface area (Å²) < 4.78 is 5.41. The lowest BCUT2D eigenvalue weighted by Gasteiger charge is -2.11. The van der Waals surface area contributed by atoms with Crippen LogP contribution in [0.2, 0.25) is 0 Å². The monoisotopic (exact) mass is 201 g/mol. The molecule has 0 aliphatic carbocycles. The van der Waals surface area contributed by atoms with Gasteiger partial charge in [-0.2, -0.15) is 0 Å². The summed E-state index contributed by atoms with van der Waals surface area (Å²) in [5.74, 6) is 0.925. The number of carbonyl (C=O) groups excluding carboxylic acids is 1. The van der Waals surface area contributed by atoms with Gasteiger partial charge in [-0.25, -0.2) is 0 Å². The van der Waals surface area contributed by atoms with E-state index in [1.807, 2.05) is 20.9 Å². The number of carbonyl (C=O) groups is 1. The molecule has 84 valence electrons. The quantitative estimate of drug-likeness (QED) is 0.604. The van der Waals surface area contributed by atoms with Crippen LogP contribution in [0.1, 0.15) is 27.2 Å². The highest BCUT2D eigenvalue weighted by Crippen LogP contribution is 2.00. The van der Waals surface area contributed by atoms with Gasteiger partial charge in [0.2, 0.25) is 0 Å². The van der Waals surface area contributed by atoms with Gasteiger partial charge < -0.3 is 10.1 Å². The summed E-state index contributed by atoms with van der Waals surface area (Å²) in [6, 6.07) is 0. The van der Waals surface area contributed by atoms with Gasteiger partial charge in [0, 0.05) is 12.3 Å². The highest BCUT2D eigenvalue weighted by Gasteiger charge is 2.07. The lowest BCUT2D eigenvalue weighted by molar-refractivity contribution is -0.123. The Bertz CT molecular complexity index is 157. The molecule has 0 saturated carbocycles. The van der Waals surface area contributed by atoms with Crippen LogP contribution >= 0.6 is 0 Å². The van der Waals surface area contributed by atoms with Crippen molar-refractivity contribution in [2.45, 2.75) is 27.2 Å². The first-order chi connectivity index (χ1) is 6.57. The van der Waals surface area contributed by atoms with Gasteiger partial charge in [-0.15, -0.1) is 0 Å². The second-order valence-corrected chi connectivity index (χ2v) is 4.11. The minimum absolute atomic E-state index is 0.133. The Hall–Kier alpha value is -0.410. The van der Waals surface area contributed by atoms with Crippen LogP contribution in [0, 0.1) is 11.8 Å². The van der Waals surface area contributed by atoms with Crippen molar-refractivity contribution >= 4 is 5.78 Å². The zero-order chi connectivity index (χ0) is 11.0. The molecule has 0 aromatic heterocycles. The zero-order valence-electron chi connectivity index (χ0n) is 9.80. The zero-order valence-corrected chi connectivity index (χ0v) is 9.80. The van der Waals surface area contributed by atoms with Crippen molar-refractivity contribution < 1.29 is 9.53 Å². The Labute approximate surface area is 87.2 Å². The van der Waals surface area contributed by atoms with Gasteiger partial charge >= 0.3 is 0 Å². The molecule has 3 nitrogen and oxygen atoms in total. The fourth-order valence-electron chi connectivity index (χ4n) is 1.15. The average molecular weight is 201 g/mol. The molecule has 1 unspecified atom stereocenters. The van der Waals surface area contributed by atoms with Crippen LogP contribution in [0.4, 0.5) is 0 Å². The molecule has 0 aromatic carbocycles. The molecule has 0 aliphatic rings. The average Bonchev–Trinajstić information content (AvgIpc) is 2.12. The van der Waals surface area contributed by atoms with E-state index in [0.717, 1.165) is 13.2 Å². The van der Waals surface area contributed by atoms with Crippen LogP contribution < -0.4 is 5.32 Å². The molecule has 0 saturated heterocycles. The summed E-state index contributed by atoms with van der Waals surface area (Å²) in [7, 11) is 1.93. The molecule has 0 amide bonds. The molecule has 0 fully saturated rings. The minimum Gasteiger partial charge on any atom is -0.381 e. The number of ether oxygens (including phenoxy) is 1. The van der Waals surface area contributed by atoms with E-state index in [2.05, 4.69) is 12.2 Å². The molecule has 0 rings (SSSR count). The third-order valence-electron chi connectivity index (χ3n) is 2.09. The minimum atomic E-state index is 0.133. The third-order valence-corrected chi connectivity index (χ3v) is 2.09. The normalized spacial score (nSPS) is 13.2. The summed E-state index contributed by atoms with van der Waals surface area (Å²) in [5.41, 5.74) is 0. The van der Waals surface area contributed by atoms with Crippen molar-refractivity contribution in [1.82, 2.24) is 5.32 Å². The Morgan fingerprint density at radius 1 is 1.36 bits per heavy atom. The molecule has 0 aromatic rings. The standard InChI is InChI=1S/C11H23NO2/c1-9(2)11(13)5-6-14-8-10(3)7-12-4/h9-10,12H,5-8H2,1-4H3. The first-order valence-corrected chi connectivity index (χ1v) is 5.33. The molecule has 0 radical (unpaired) electrons. The van der Waals surface area contributed by atoms with Crippen LogP contribution in [0.3, 0.4) is 0 Å². The molecule has 1 atom stereocenters. The Balaban J connectivity index is 3.33. The van der Waals surface area contributed by atoms with E-state index in [0.29, 0.717) is 18.9 Å². The Kier molecular flexibility index (Phi) is 7.71. The van der Waals surface area contributed by atoms with E-state index in [9.17, 15) is 4.79 Å². The summed E-state index contributed by atoms with van der Waals surface area (Å²) >= 11 is 0. The first-order valence-electron chi connectivity index (χ1n) is 5.33. The highest BCUT2D eigenvalue weighted by atomic mass is 16.5. The van der Waals surface area contributed by atoms with Crippen molar-refractivity contribution in [3.8, 4) is 0 Å². The van der Waals surface area contributed by atoms with Crippen LogP contribution in [-0.4, -0.2) is 32.6 Å². The molecular weight excluding hydrogens is 178 g/mol. The van der Waals surface area contributed by atoms with Gasteiger partial charge in [0.1, 0.15) is 5.78 Å². The topological polar surface area (TPSA) is 38.3 Å². The van der Waals surface area contributed by atoms with Crippen molar-refractivity contribution in [3.05, 3.63) is 0 Å². The largest absolute Gasteiger partial charge is 0.381 e. The second kappa shape index (κ2) is 7.94. The Morgan fingerprint density at radius 3 is 2.50 bits per heavy atom. The van der Waals surface area contributed by atoms with E-state index >= 15 is 0 Å². The lowest BCUT2D eigenvalue weighted by Crippen LogP contribution is -2.21. The van der Waals surface area contributed by atoms with Gasteiger partial charge in [0.05, 0.1) is 13.2 Å². The van der Waals surface area contributed by atoms with E-state index in [-0.39, 0.29) is 11.7 Å². The number of hydrogen-bond acceptors (Lipinski definition) is 3. The summed E-state index contributed by atoms with van der Waals surface area (Å²) in [5, 5.41) is 3.09. The number of nitrogens with one attached hydrogen (secondary N) is 1. The molecule has 0 aliphatic heterocycles. The highest BCUT2D eigenvalue weighted by molar-refractivity contribution is 5.80. The second-order valence-electron chi connectivity index (χ2n) is 4.11. The molecule has 14 heavy (non-hydrogen) atoms. The fourth-order valence-corrected chi connectivity index (χ4v) is 1.15.